The van der Waals surface area contributed by atoms with Crippen LogP contribution in [0.1, 0.15) is 23.9 Å². The number of benzene rings is 1. The van der Waals surface area contributed by atoms with Gasteiger partial charge in [0, 0.05) is 12.7 Å². The Bertz CT molecular complexity index is 773. The number of hydrogen-bond donors (Lipinski definition) is 1. The lowest BCUT2D eigenvalue weighted by molar-refractivity contribution is -0.142. The van der Waals surface area contributed by atoms with Gasteiger partial charge in [-0.15, -0.1) is 10.2 Å². The highest BCUT2D eigenvalue weighted by molar-refractivity contribution is 7.99. The standard InChI is InChI=1S/C17H22N4O3S/c1-5-24-16(23)9-14-19-20-17(21(14)4)25-10-15(22)18-13-7-6-11(2)8-12(13)3/h6-8H,5,9-10H2,1-4H3,(H,18,22). The minimum Gasteiger partial charge on any atom is -0.466 e. The number of ether oxygens (including phenoxy) is 1. The molecular weight excluding hydrogens is 340 g/mol. The number of esters is 1. The molecule has 7 nitrogen and oxygen atoms in total. The molecule has 0 radical (unpaired) electrons. The minimum atomic E-state index is -0.345. The average molecular weight is 362 g/mol. The molecule has 0 bridgehead atoms. The van der Waals surface area contributed by atoms with E-state index >= 15 is 0 Å². The van der Waals surface area contributed by atoms with Gasteiger partial charge >= 0.3 is 5.97 Å². The second-order valence-electron chi connectivity index (χ2n) is 5.59. The van der Waals surface area contributed by atoms with Crippen molar-refractivity contribution in [3.05, 3.63) is 35.2 Å². The van der Waals surface area contributed by atoms with E-state index in [9.17, 15) is 9.59 Å². The van der Waals surface area contributed by atoms with Gasteiger partial charge < -0.3 is 14.6 Å². The molecule has 0 saturated carbocycles. The summed E-state index contributed by atoms with van der Waals surface area (Å²) in [6, 6.07) is 5.88. The fourth-order valence-corrected chi connectivity index (χ4v) is 2.97. The number of hydrogen-bond acceptors (Lipinski definition) is 6. The molecule has 0 fully saturated rings. The smallest absolute Gasteiger partial charge is 0.313 e. The fourth-order valence-electron chi connectivity index (χ4n) is 2.24. The van der Waals surface area contributed by atoms with Crippen LogP contribution in [0.2, 0.25) is 0 Å². The molecule has 134 valence electrons. The second-order valence-corrected chi connectivity index (χ2v) is 6.54. The molecule has 2 rings (SSSR count). The Morgan fingerprint density at radius 1 is 1.28 bits per heavy atom. The first kappa shape index (κ1) is 19.0. The summed E-state index contributed by atoms with van der Waals surface area (Å²) in [6.07, 6.45) is 0.0622. The van der Waals surface area contributed by atoms with E-state index in [2.05, 4.69) is 15.5 Å². The van der Waals surface area contributed by atoms with Crippen molar-refractivity contribution in [1.29, 1.82) is 0 Å². The summed E-state index contributed by atoms with van der Waals surface area (Å²) in [5, 5.41) is 11.5. The summed E-state index contributed by atoms with van der Waals surface area (Å²) in [6.45, 7) is 6.05. The van der Waals surface area contributed by atoms with Crippen molar-refractivity contribution in [2.24, 2.45) is 7.05 Å². The van der Waals surface area contributed by atoms with Gasteiger partial charge in [0.05, 0.1) is 12.4 Å². The van der Waals surface area contributed by atoms with E-state index in [1.54, 1.807) is 18.5 Å². The lowest BCUT2D eigenvalue weighted by atomic mass is 10.1. The number of thioether (sulfide) groups is 1. The summed E-state index contributed by atoms with van der Waals surface area (Å²) in [4.78, 5) is 23.7. The normalized spacial score (nSPS) is 10.6. The minimum absolute atomic E-state index is 0.0622. The van der Waals surface area contributed by atoms with Gasteiger partial charge in [0.15, 0.2) is 5.16 Å². The number of carbonyl (C=O) groups excluding carboxylic acids is 2. The van der Waals surface area contributed by atoms with Crippen LogP contribution in [0.5, 0.6) is 0 Å². The lowest BCUT2D eigenvalue weighted by Crippen LogP contribution is -2.15. The third kappa shape index (κ3) is 5.32. The van der Waals surface area contributed by atoms with Gasteiger partial charge in [-0.05, 0) is 32.4 Å². The van der Waals surface area contributed by atoms with E-state index in [-0.39, 0.29) is 24.1 Å². The van der Waals surface area contributed by atoms with Gasteiger partial charge in [-0.2, -0.15) is 0 Å². The quantitative estimate of drug-likeness (QED) is 0.601. The molecule has 1 N–H and O–H groups in total. The van der Waals surface area contributed by atoms with Gasteiger partial charge in [-0.1, -0.05) is 29.5 Å². The van der Waals surface area contributed by atoms with Crippen LogP contribution in [0.15, 0.2) is 23.4 Å². The zero-order valence-electron chi connectivity index (χ0n) is 14.8. The van der Waals surface area contributed by atoms with Crippen molar-refractivity contribution < 1.29 is 14.3 Å². The van der Waals surface area contributed by atoms with Crippen molar-refractivity contribution in [2.75, 3.05) is 17.7 Å². The van der Waals surface area contributed by atoms with Gasteiger partial charge in [0.25, 0.3) is 0 Å². The van der Waals surface area contributed by atoms with Gasteiger partial charge in [0.2, 0.25) is 5.91 Å². The van der Waals surface area contributed by atoms with Crippen LogP contribution >= 0.6 is 11.8 Å². The van der Waals surface area contributed by atoms with E-state index in [0.29, 0.717) is 17.6 Å². The molecule has 0 unspecified atom stereocenters. The van der Waals surface area contributed by atoms with Crippen LogP contribution in [-0.4, -0.2) is 39.0 Å². The van der Waals surface area contributed by atoms with Gasteiger partial charge in [0.1, 0.15) is 12.2 Å². The highest BCUT2D eigenvalue weighted by Gasteiger charge is 2.15. The molecular formula is C17H22N4O3S. The molecule has 1 aromatic carbocycles. The Hall–Kier alpha value is -2.35. The molecule has 25 heavy (non-hydrogen) atoms. The van der Waals surface area contributed by atoms with Crippen molar-refractivity contribution in [1.82, 2.24) is 14.8 Å². The Morgan fingerprint density at radius 2 is 2.04 bits per heavy atom. The molecule has 0 aliphatic rings. The number of amides is 1. The zero-order valence-corrected chi connectivity index (χ0v) is 15.6. The molecule has 0 atom stereocenters. The Kier molecular flexibility index (Phi) is 6.58. The van der Waals surface area contributed by atoms with Crippen molar-refractivity contribution >= 4 is 29.3 Å². The maximum Gasteiger partial charge on any atom is 0.313 e. The average Bonchev–Trinajstić information content (AvgIpc) is 2.89. The first-order valence-electron chi connectivity index (χ1n) is 7.94. The number of carbonyl (C=O) groups is 2. The summed E-state index contributed by atoms with van der Waals surface area (Å²) in [7, 11) is 1.76. The summed E-state index contributed by atoms with van der Waals surface area (Å²) in [5.41, 5.74) is 2.98. The maximum absolute atomic E-state index is 12.1. The van der Waals surface area contributed by atoms with Gasteiger partial charge in [-0.3, -0.25) is 9.59 Å². The monoisotopic (exact) mass is 362 g/mol. The SMILES string of the molecule is CCOC(=O)Cc1nnc(SCC(=O)Nc2ccc(C)cc2C)n1C. The lowest BCUT2D eigenvalue weighted by Gasteiger charge is -2.09. The molecule has 1 heterocycles. The van der Waals surface area contributed by atoms with Gasteiger partial charge in [-0.25, -0.2) is 0 Å². The maximum atomic E-state index is 12.1. The third-order valence-electron chi connectivity index (χ3n) is 3.52. The number of rotatable bonds is 7. The third-order valence-corrected chi connectivity index (χ3v) is 4.54. The Morgan fingerprint density at radius 3 is 2.72 bits per heavy atom. The highest BCUT2D eigenvalue weighted by Crippen LogP contribution is 2.19. The van der Waals surface area contributed by atoms with E-state index < -0.39 is 0 Å². The van der Waals surface area contributed by atoms with Crippen LogP contribution in [0.3, 0.4) is 0 Å². The summed E-state index contributed by atoms with van der Waals surface area (Å²) < 4.78 is 6.60. The topological polar surface area (TPSA) is 86.1 Å². The van der Waals surface area contributed by atoms with Crippen LogP contribution in [0, 0.1) is 13.8 Å². The molecule has 1 aromatic heterocycles. The number of nitrogens with zero attached hydrogens (tertiary/aromatic N) is 3. The molecule has 0 saturated heterocycles. The van der Waals surface area contributed by atoms with Crippen LogP contribution < -0.4 is 5.32 Å². The predicted molar refractivity (Wildman–Crippen MR) is 96.6 cm³/mol. The molecule has 0 spiro atoms. The number of nitrogens with one attached hydrogen (secondary N) is 1. The van der Waals surface area contributed by atoms with Crippen molar-refractivity contribution in [2.45, 2.75) is 32.3 Å². The predicted octanol–water partition coefficient (Wildman–Crippen LogP) is 2.27. The zero-order chi connectivity index (χ0) is 18.4. The van der Waals surface area contributed by atoms with E-state index in [4.69, 9.17) is 4.74 Å². The Balaban J connectivity index is 1.91. The Labute approximate surface area is 151 Å². The van der Waals surface area contributed by atoms with E-state index in [1.807, 2.05) is 32.0 Å². The van der Waals surface area contributed by atoms with Crippen molar-refractivity contribution in [3.63, 3.8) is 0 Å². The molecule has 1 amide bonds. The van der Waals surface area contributed by atoms with E-state index in [0.717, 1.165) is 16.8 Å². The fraction of sp³-hybridized carbons (Fsp3) is 0.412. The second kappa shape index (κ2) is 8.66. The largest absolute Gasteiger partial charge is 0.466 e. The molecule has 8 heteroatoms. The molecule has 0 aliphatic heterocycles. The summed E-state index contributed by atoms with van der Waals surface area (Å²) >= 11 is 1.27. The molecule has 2 aromatic rings. The number of aryl methyl sites for hydroxylation is 2. The summed E-state index contributed by atoms with van der Waals surface area (Å²) in [5.74, 6) is 0.253. The van der Waals surface area contributed by atoms with Crippen LogP contribution in [-0.2, 0) is 27.8 Å². The van der Waals surface area contributed by atoms with E-state index in [1.165, 1.54) is 11.8 Å². The number of aromatic nitrogens is 3. The van der Waals surface area contributed by atoms with Crippen LogP contribution in [0.4, 0.5) is 5.69 Å². The number of anilines is 1. The van der Waals surface area contributed by atoms with Crippen molar-refractivity contribution in [3.8, 4) is 0 Å². The first-order valence-corrected chi connectivity index (χ1v) is 8.93. The first-order chi connectivity index (χ1) is 11.9. The molecule has 0 aliphatic carbocycles. The van der Waals surface area contributed by atoms with Crippen LogP contribution in [0.25, 0.3) is 0 Å². The highest BCUT2D eigenvalue weighted by atomic mass is 32.2.